The molecule has 1 atom stereocenters. The Morgan fingerprint density at radius 3 is 3.00 bits per heavy atom. The molecule has 0 radical (unpaired) electrons. The van der Waals surface area contributed by atoms with E-state index in [4.69, 9.17) is 4.74 Å². The number of hydrogen-bond donors (Lipinski definition) is 2. The molecule has 7 heteroatoms. The Bertz CT molecular complexity index is 568. The smallest absolute Gasteiger partial charge is 0.237 e. The fraction of sp³-hybridized carbons (Fsp3) is 0.529. The molecule has 0 saturated carbocycles. The number of halogens is 1. The quantitative estimate of drug-likeness (QED) is 0.684. The highest BCUT2D eigenvalue weighted by Crippen LogP contribution is 2.16. The van der Waals surface area contributed by atoms with Crippen molar-refractivity contribution >= 4 is 11.8 Å². The predicted molar refractivity (Wildman–Crippen MR) is 87.7 cm³/mol. The SMILES string of the molecule is COCCCNC(=O)C[C@@H]1C(=O)NCCN1Cc1ccccc1F. The minimum atomic E-state index is -0.583. The highest BCUT2D eigenvalue weighted by atomic mass is 19.1. The molecule has 2 amide bonds. The van der Waals surface area contributed by atoms with Crippen molar-refractivity contribution in [1.29, 1.82) is 0 Å². The van der Waals surface area contributed by atoms with E-state index in [1.165, 1.54) is 6.07 Å². The zero-order chi connectivity index (χ0) is 17.4. The van der Waals surface area contributed by atoms with Crippen molar-refractivity contribution in [2.45, 2.75) is 25.4 Å². The Morgan fingerprint density at radius 1 is 1.46 bits per heavy atom. The van der Waals surface area contributed by atoms with E-state index < -0.39 is 6.04 Å². The molecule has 0 spiro atoms. The molecule has 1 aromatic carbocycles. The zero-order valence-electron chi connectivity index (χ0n) is 13.9. The van der Waals surface area contributed by atoms with E-state index in [-0.39, 0.29) is 24.1 Å². The average molecular weight is 337 g/mol. The van der Waals surface area contributed by atoms with Gasteiger partial charge in [0, 0.05) is 45.5 Å². The van der Waals surface area contributed by atoms with Crippen molar-refractivity contribution in [3.05, 3.63) is 35.6 Å². The van der Waals surface area contributed by atoms with E-state index >= 15 is 0 Å². The van der Waals surface area contributed by atoms with Crippen LogP contribution in [0.3, 0.4) is 0 Å². The lowest BCUT2D eigenvalue weighted by Gasteiger charge is -2.34. The third-order valence-electron chi connectivity index (χ3n) is 4.00. The lowest BCUT2D eigenvalue weighted by molar-refractivity contribution is -0.134. The minimum Gasteiger partial charge on any atom is -0.385 e. The Balaban J connectivity index is 1.94. The number of ether oxygens (including phenoxy) is 1. The molecule has 1 heterocycles. The second kappa shape index (κ2) is 9.34. The van der Waals surface area contributed by atoms with E-state index in [0.717, 1.165) is 6.42 Å². The lowest BCUT2D eigenvalue weighted by atomic mass is 10.1. The van der Waals surface area contributed by atoms with Crippen molar-refractivity contribution < 1.29 is 18.7 Å². The van der Waals surface area contributed by atoms with Crippen molar-refractivity contribution in [1.82, 2.24) is 15.5 Å². The Morgan fingerprint density at radius 2 is 2.25 bits per heavy atom. The number of rotatable bonds is 8. The Kier molecular flexibility index (Phi) is 7.14. The summed E-state index contributed by atoms with van der Waals surface area (Å²) in [6, 6.07) is 5.91. The van der Waals surface area contributed by atoms with Gasteiger partial charge in [-0.2, -0.15) is 0 Å². The van der Waals surface area contributed by atoms with Gasteiger partial charge in [0.2, 0.25) is 11.8 Å². The Hall–Kier alpha value is -1.99. The number of benzene rings is 1. The standard InChI is InChI=1S/C17H24FN3O3/c1-24-10-4-7-19-16(22)11-15-17(23)20-8-9-21(15)12-13-5-2-3-6-14(13)18/h2-3,5-6,15H,4,7-12H2,1H3,(H,19,22)(H,20,23)/t15-/m1/s1. The second-order valence-electron chi connectivity index (χ2n) is 5.77. The van der Waals surface area contributed by atoms with Gasteiger partial charge in [0.25, 0.3) is 0 Å². The maximum absolute atomic E-state index is 13.9. The topological polar surface area (TPSA) is 70.7 Å². The van der Waals surface area contributed by atoms with Crippen LogP contribution in [0.25, 0.3) is 0 Å². The first kappa shape index (κ1) is 18.4. The molecule has 24 heavy (non-hydrogen) atoms. The molecule has 1 aliphatic heterocycles. The first-order valence-corrected chi connectivity index (χ1v) is 8.12. The van der Waals surface area contributed by atoms with E-state index in [2.05, 4.69) is 10.6 Å². The van der Waals surface area contributed by atoms with Crippen LogP contribution in [-0.2, 0) is 20.9 Å². The Labute approximate surface area is 141 Å². The van der Waals surface area contributed by atoms with Crippen LogP contribution in [-0.4, -0.2) is 56.1 Å². The molecule has 0 aliphatic carbocycles. The highest BCUT2D eigenvalue weighted by Gasteiger charge is 2.31. The molecule has 1 aromatic rings. The van der Waals surface area contributed by atoms with Gasteiger partial charge in [-0.1, -0.05) is 18.2 Å². The monoisotopic (exact) mass is 337 g/mol. The van der Waals surface area contributed by atoms with Gasteiger partial charge in [-0.3, -0.25) is 14.5 Å². The van der Waals surface area contributed by atoms with Crippen LogP contribution in [0.4, 0.5) is 4.39 Å². The lowest BCUT2D eigenvalue weighted by Crippen LogP contribution is -2.56. The maximum Gasteiger partial charge on any atom is 0.237 e. The second-order valence-corrected chi connectivity index (χ2v) is 5.77. The molecule has 2 N–H and O–H groups in total. The third-order valence-corrected chi connectivity index (χ3v) is 4.00. The molecule has 0 unspecified atom stereocenters. The van der Waals surface area contributed by atoms with Gasteiger partial charge in [0.1, 0.15) is 5.82 Å². The van der Waals surface area contributed by atoms with Crippen LogP contribution in [0.2, 0.25) is 0 Å². The normalized spacial score (nSPS) is 18.2. The highest BCUT2D eigenvalue weighted by molar-refractivity contribution is 5.88. The van der Waals surface area contributed by atoms with Crippen molar-refractivity contribution in [2.75, 3.05) is 33.4 Å². The summed E-state index contributed by atoms with van der Waals surface area (Å²) in [6.07, 6.45) is 0.783. The molecule has 2 rings (SSSR count). The summed E-state index contributed by atoms with van der Waals surface area (Å²) in [7, 11) is 1.61. The third kappa shape index (κ3) is 5.28. The fourth-order valence-electron chi connectivity index (χ4n) is 2.71. The molecule has 0 aromatic heterocycles. The van der Waals surface area contributed by atoms with Crippen LogP contribution in [0.15, 0.2) is 24.3 Å². The van der Waals surface area contributed by atoms with E-state index in [1.807, 2.05) is 4.90 Å². The maximum atomic E-state index is 13.9. The number of nitrogens with zero attached hydrogens (tertiary/aromatic N) is 1. The average Bonchev–Trinajstić information content (AvgIpc) is 2.57. The summed E-state index contributed by atoms with van der Waals surface area (Å²) in [5.74, 6) is -0.678. The van der Waals surface area contributed by atoms with Crippen LogP contribution in [0.1, 0.15) is 18.4 Å². The van der Waals surface area contributed by atoms with Gasteiger partial charge >= 0.3 is 0 Å². The van der Waals surface area contributed by atoms with Crippen LogP contribution in [0.5, 0.6) is 0 Å². The van der Waals surface area contributed by atoms with Crippen LogP contribution in [0, 0.1) is 5.82 Å². The van der Waals surface area contributed by atoms with Gasteiger partial charge in [-0.05, 0) is 12.5 Å². The number of methoxy groups -OCH3 is 1. The molecule has 6 nitrogen and oxygen atoms in total. The van der Waals surface area contributed by atoms with E-state index in [1.54, 1.807) is 25.3 Å². The van der Waals surface area contributed by atoms with Gasteiger partial charge < -0.3 is 15.4 Å². The molecular weight excluding hydrogens is 313 g/mol. The number of piperazine rings is 1. The van der Waals surface area contributed by atoms with Crippen molar-refractivity contribution in [2.24, 2.45) is 0 Å². The van der Waals surface area contributed by atoms with Gasteiger partial charge in [0.15, 0.2) is 0 Å². The summed E-state index contributed by atoms with van der Waals surface area (Å²) in [5.41, 5.74) is 0.526. The number of carbonyl (C=O) groups excluding carboxylic acids is 2. The molecule has 132 valence electrons. The summed E-state index contributed by atoms with van der Waals surface area (Å²) in [6.45, 7) is 2.47. The molecule has 1 aliphatic rings. The van der Waals surface area contributed by atoms with Crippen molar-refractivity contribution in [3.63, 3.8) is 0 Å². The minimum absolute atomic E-state index is 0.0628. The van der Waals surface area contributed by atoms with E-state index in [0.29, 0.717) is 38.3 Å². The largest absolute Gasteiger partial charge is 0.385 e. The fourth-order valence-corrected chi connectivity index (χ4v) is 2.71. The summed E-state index contributed by atoms with van der Waals surface area (Å²) in [5, 5.41) is 5.55. The molecule has 0 bridgehead atoms. The number of amides is 2. The molecular formula is C17H24FN3O3. The van der Waals surface area contributed by atoms with Crippen LogP contribution < -0.4 is 10.6 Å². The van der Waals surface area contributed by atoms with Gasteiger partial charge in [0.05, 0.1) is 12.5 Å². The molecule has 1 saturated heterocycles. The molecule has 1 fully saturated rings. The number of nitrogens with one attached hydrogen (secondary N) is 2. The number of hydrogen-bond acceptors (Lipinski definition) is 4. The van der Waals surface area contributed by atoms with Crippen LogP contribution >= 0.6 is 0 Å². The summed E-state index contributed by atoms with van der Waals surface area (Å²) in [4.78, 5) is 26.1. The zero-order valence-corrected chi connectivity index (χ0v) is 13.9. The first-order valence-electron chi connectivity index (χ1n) is 8.12. The van der Waals surface area contributed by atoms with E-state index in [9.17, 15) is 14.0 Å². The number of carbonyl (C=O) groups is 2. The first-order chi connectivity index (χ1) is 11.6. The summed E-state index contributed by atoms with van der Waals surface area (Å²) < 4.78 is 18.8. The summed E-state index contributed by atoms with van der Waals surface area (Å²) >= 11 is 0. The van der Waals surface area contributed by atoms with Gasteiger partial charge in [-0.15, -0.1) is 0 Å². The predicted octanol–water partition coefficient (Wildman–Crippen LogP) is 0.669. The van der Waals surface area contributed by atoms with Gasteiger partial charge in [-0.25, -0.2) is 4.39 Å². The van der Waals surface area contributed by atoms with Crippen molar-refractivity contribution in [3.8, 4) is 0 Å².